The summed E-state index contributed by atoms with van der Waals surface area (Å²) in [7, 11) is -3.67. The van der Waals surface area contributed by atoms with Crippen LogP contribution in [0.1, 0.15) is 19.3 Å². The van der Waals surface area contributed by atoms with Crippen molar-refractivity contribution in [2.24, 2.45) is 10.9 Å². The normalized spacial score (nSPS) is 21.0. The van der Waals surface area contributed by atoms with Crippen molar-refractivity contribution in [3.8, 4) is 0 Å². The van der Waals surface area contributed by atoms with E-state index in [1.165, 1.54) is 12.1 Å². The molecular formula is C15H20N4O3S. The van der Waals surface area contributed by atoms with Crippen LogP contribution in [0.3, 0.4) is 0 Å². The van der Waals surface area contributed by atoms with E-state index in [0.29, 0.717) is 31.0 Å². The third-order valence-electron chi connectivity index (χ3n) is 3.97. The fraction of sp³-hybridized carbons (Fsp3) is 0.467. The third kappa shape index (κ3) is 3.89. The molecule has 0 bridgehead atoms. The number of anilines is 1. The summed E-state index contributed by atoms with van der Waals surface area (Å²) < 4.78 is 27.2. The van der Waals surface area contributed by atoms with Crippen molar-refractivity contribution >= 4 is 27.5 Å². The summed E-state index contributed by atoms with van der Waals surface area (Å²) in [6.45, 7) is 2.15. The first-order chi connectivity index (χ1) is 11.0. The van der Waals surface area contributed by atoms with E-state index in [1.54, 1.807) is 12.1 Å². The average Bonchev–Trinajstić information content (AvgIpc) is 3.20. The number of amidine groups is 1. The van der Waals surface area contributed by atoms with Gasteiger partial charge < -0.3 is 10.6 Å². The van der Waals surface area contributed by atoms with Gasteiger partial charge in [0.05, 0.1) is 10.8 Å². The minimum atomic E-state index is -3.67. The van der Waals surface area contributed by atoms with Gasteiger partial charge in [-0.25, -0.2) is 8.42 Å². The van der Waals surface area contributed by atoms with Crippen LogP contribution >= 0.6 is 0 Å². The van der Waals surface area contributed by atoms with E-state index in [1.807, 2.05) is 0 Å². The van der Waals surface area contributed by atoms with Gasteiger partial charge in [0.2, 0.25) is 5.91 Å². The second-order valence-corrected chi connectivity index (χ2v) is 7.43. The molecule has 3 N–H and O–H groups in total. The van der Waals surface area contributed by atoms with Crippen LogP contribution < -0.4 is 15.4 Å². The Morgan fingerprint density at radius 1 is 1.35 bits per heavy atom. The van der Waals surface area contributed by atoms with Crippen molar-refractivity contribution in [1.82, 2.24) is 10.0 Å². The second kappa shape index (κ2) is 6.67. The molecule has 1 amide bonds. The Morgan fingerprint density at radius 2 is 2.22 bits per heavy atom. The molecule has 3 rings (SSSR count). The Balaban J connectivity index is 1.72. The van der Waals surface area contributed by atoms with Crippen molar-refractivity contribution in [1.29, 1.82) is 0 Å². The fourth-order valence-corrected chi connectivity index (χ4v) is 3.84. The number of rotatable bonds is 4. The van der Waals surface area contributed by atoms with Gasteiger partial charge in [0.15, 0.2) is 0 Å². The van der Waals surface area contributed by atoms with Gasteiger partial charge in [-0.15, -0.1) is 0 Å². The first-order valence-electron chi connectivity index (χ1n) is 7.72. The maximum absolute atomic E-state index is 12.4. The van der Waals surface area contributed by atoms with Crippen molar-refractivity contribution in [3.63, 3.8) is 0 Å². The summed E-state index contributed by atoms with van der Waals surface area (Å²) in [6, 6.07) is 6.28. The molecule has 1 saturated heterocycles. The number of hydrogen-bond acceptors (Lipinski definition) is 5. The fourth-order valence-electron chi connectivity index (χ4n) is 2.70. The Morgan fingerprint density at radius 3 is 2.91 bits per heavy atom. The van der Waals surface area contributed by atoms with Crippen molar-refractivity contribution in [3.05, 3.63) is 24.3 Å². The molecule has 1 atom stereocenters. The first-order valence-corrected chi connectivity index (χ1v) is 9.21. The Kier molecular flexibility index (Phi) is 4.63. The number of nitrogens with one attached hydrogen (secondary N) is 3. The summed E-state index contributed by atoms with van der Waals surface area (Å²) in [5.74, 6) is 0.343. The van der Waals surface area contributed by atoms with Crippen LogP contribution in [0.5, 0.6) is 0 Å². The molecule has 0 aliphatic carbocycles. The van der Waals surface area contributed by atoms with Crippen LogP contribution in [-0.4, -0.2) is 39.8 Å². The molecule has 0 aromatic heterocycles. The van der Waals surface area contributed by atoms with E-state index in [4.69, 9.17) is 0 Å². The first kappa shape index (κ1) is 15.9. The summed E-state index contributed by atoms with van der Waals surface area (Å²) in [5, 5.41) is 5.92. The summed E-state index contributed by atoms with van der Waals surface area (Å²) in [6.07, 6.45) is 2.30. The molecule has 2 aliphatic heterocycles. The molecule has 23 heavy (non-hydrogen) atoms. The number of benzene rings is 1. The highest BCUT2D eigenvalue weighted by molar-refractivity contribution is 7.90. The van der Waals surface area contributed by atoms with Crippen LogP contribution in [0, 0.1) is 5.92 Å². The molecule has 0 radical (unpaired) electrons. The van der Waals surface area contributed by atoms with Gasteiger partial charge in [0.1, 0.15) is 5.84 Å². The number of nitrogens with zero attached hydrogens (tertiary/aromatic N) is 1. The van der Waals surface area contributed by atoms with Crippen LogP contribution in [0.15, 0.2) is 34.2 Å². The molecule has 2 heterocycles. The number of amides is 1. The molecule has 0 spiro atoms. The van der Waals surface area contributed by atoms with Gasteiger partial charge in [-0.2, -0.15) is 0 Å². The molecule has 7 nitrogen and oxygen atoms in total. The Hall–Kier alpha value is -1.93. The number of sulfonamides is 1. The predicted molar refractivity (Wildman–Crippen MR) is 87.9 cm³/mol. The minimum absolute atomic E-state index is 0.0683. The van der Waals surface area contributed by atoms with E-state index in [2.05, 4.69) is 20.3 Å². The largest absolute Gasteiger partial charge is 0.326 e. The Labute approximate surface area is 135 Å². The van der Waals surface area contributed by atoms with Crippen LogP contribution in [0.25, 0.3) is 0 Å². The van der Waals surface area contributed by atoms with E-state index < -0.39 is 10.0 Å². The topological polar surface area (TPSA) is 99.7 Å². The van der Waals surface area contributed by atoms with Gasteiger partial charge in [0.25, 0.3) is 10.0 Å². The number of aliphatic imine (C=N–C) groups is 1. The zero-order valence-corrected chi connectivity index (χ0v) is 13.5. The molecule has 0 saturated carbocycles. The van der Waals surface area contributed by atoms with Crippen LogP contribution in [0.2, 0.25) is 0 Å². The minimum Gasteiger partial charge on any atom is -0.326 e. The number of carbonyl (C=O) groups is 1. The zero-order valence-electron chi connectivity index (χ0n) is 12.7. The highest BCUT2D eigenvalue weighted by Gasteiger charge is 2.23. The molecule has 1 fully saturated rings. The summed E-state index contributed by atoms with van der Waals surface area (Å²) in [4.78, 5) is 16.4. The smallest absolute Gasteiger partial charge is 0.262 e. The quantitative estimate of drug-likeness (QED) is 0.754. The lowest BCUT2D eigenvalue weighted by Gasteiger charge is -2.12. The Bertz CT molecular complexity index is 724. The average molecular weight is 336 g/mol. The van der Waals surface area contributed by atoms with Gasteiger partial charge in [-0.3, -0.25) is 14.5 Å². The lowest BCUT2D eigenvalue weighted by molar-refractivity contribution is -0.119. The van der Waals surface area contributed by atoms with E-state index in [9.17, 15) is 13.2 Å². The molecule has 124 valence electrons. The lowest BCUT2D eigenvalue weighted by atomic mass is 10.1. The van der Waals surface area contributed by atoms with Gasteiger partial charge in [0, 0.05) is 25.2 Å². The highest BCUT2D eigenvalue weighted by Crippen LogP contribution is 2.18. The highest BCUT2D eigenvalue weighted by atomic mass is 32.2. The van der Waals surface area contributed by atoms with Gasteiger partial charge in [-0.05, 0) is 37.6 Å². The zero-order chi connectivity index (χ0) is 16.3. The summed E-state index contributed by atoms with van der Waals surface area (Å²) >= 11 is 0. The molecular weight excluding hydrogens is 316 g/mol. The number of hydrogen-bond donors (Lipinski definition) is 3. The lowest BCUT2D eigenvalue weighted by Crippen LogP contribution is -2.29. The molecule has 8 heteroatoms. The molecule has 1 aromatic rings. The van der Waals surface area contributed by atoms with E-state index in [-0.39, 0.29) is 16.7 Å². The predicted octanol–water partition coefficient (Wildman–Crippen LogP) is 0.705. The van der Waals surface area contributed by atoms with Gasteiger partial charge in [-0.1, -0.05) is 6.07 Å². The molecule has 1 aromatic carbocycles. The monoisotopic (exact) mass is 336 g/mol. The van der Waals surface area contributed by atoms with Crippen molar-refractivity contribution < 1.29 is 13.2 Å². The van der Waals surface area contributed by atoms with E-state index in [0.717, 1.165) is 19.4 Å². The third-order valence-corrected chi connectivity index (χ3v) is 5.35. The maximum Gasteiger partial charge on any atom is 0.262 e. The maximum atomic E-state index is 12.4. The van der Waals surface area contributed by atoms with E-state index >= 15 is 0 Å². The van der Waals surface area contributed by atoms with Crippen LogP contribution in [-0.2, 0) is 14.8 Å². The molecule has 2 aliphatic rings. The number of carbonyl (C=O) groups excluding carboxylic acids is 1. The second-order valence-electron chi connectivity index (χ2n) is 5.74. The SMILES string of the molecule is O=C(Nc1cccc(S(=O)(=O)NC2=NCCC2)c1)C1CCNC1. The summed E-state index contributed by atoms with van der Waals surface area (Å²) in [5.41, 5.74) is 0.484. The standard InChI is InChI=1S/C15H20N4O3S/c20-15(11-6-8-16-10-11)18-12-3-1-4-13(9-12)23(21,22)19-14-5-2-7-17-14/h1,3-4,9,11,16H,2,5-8,10H2,(H,17,19)(H,18,20). The van der Waals surface area contributed by atoms with Gasteiger partial charge >= 0.3 is 0 Å². The van der Waals surface area contributed by atoms with Crippen molar-refractivity contribution in [2.75, 3.05) is 25.0 Å². The van der Waals surface area contributed by atoms with Crippen molar-refractivity contribution in [2.45, 2.75) is 24.2 Å². The molecule has 1 unspecified atom stereocenters. The van der Waals surface area contributed by atoms with Crippen LogP contribution in [0.4, 0.5) is 5.69 Å².